The van der Waals surface area contributed by atoms with Crippen LogP contribution in [0.1, 0.15) is 39.4 Å². The highest BCUT2D eigenvalue weighted by Crippen LogP contribution is 2.40. The zero-order chi connectivity index (χ0) is 18.3. The molecule has 130 valence electrons. The number of benzene rings is 2. The Morgan fingerprint density at radius 2 is 1.88 bits per heavy atom. The first-order valence-corrected chi connectivity index (χ1v) is 8.59. The smallest absolute Gasteiger partial charge is 0.226 e. The number of nitrogens with zero attached hydrogens (tertiary/aromatic N) is 1. The fourth-order valence-electron chi connectivity index (χ4n) is 3.58. The van der Waals surface area contributed by atoms with Crippen molar-refractivity contribution in [3.05, 3.63) is 70.8 Å². The summed E-state index contributed by atoms with van der Waals surface area (Å²) in [4.78, 5) is 25.4. The van der Waals surface area contributed by atoms with E-state index in [4.69, 9.17) is 0 Å². The number of Topliss-reactive ketones (excluding diaryl/α,β-unsaturated/α-hetero) is 1. The maximum absolute atomic E-state index is 13.3. The normalized spacial score (nSPS) is 16.1. The molecular weight excluding hydrogens is 326 g/mol. The number of rotatable bonds is 3. The monoisotopic (exact) mass is 345 g/mol. The van der Waals surface area contributed by atoms with E-state index in [-0.39, 0.29) is 18.1 Å². The van der Waals surface area contributed by atoms with Gasteiger partial charge in [-0.3, -0.25) is 14.7 Å². The first-order chi connectivity index (χ1) is 12.5. The van der Waals surface area contributed by atoms with Crippen LogP contribution in [0.15, 0.2) is 48.5 Å². The van der Waals surface area contributed by atoms with Crippen LogP contribution in [0.5, 0.6) is 0 Å². The van der Waals surface area contributed by atoms with Gasteiger partial charge in [-0.1, -0.05) is 54.1 Å². The number of anilines is 1. The van der Waals surface area contributed by atoms with E-state index in [2.05, 4.69) is 15.5 Å². The van der Waals surface area contributed by atoms with E-state index in [1.54, 1.807) is 0 Å². The first-order valence-electron chi connectivity index (χ1n) is 8.59. The second-order valence-electron chi connectivity index (χ2n) is 6.71. The zero-order valence-electron chi connectivity index (χ0n) is 14.7. The van der Waals surface area contributed by atoms with Crippen molar-refractivity contribution in [2.75, 3.05) is 5.32 Å². The molecule has 1 aliphatic rings. The van der Waals surface area contributed by atoms with Crippen LogP contribution in [0.25, 0.3) is 11.3 Å². The van der Waals surface area contributed by atoms with E-state index in [9.17, 15) is 9.59 Å². The summed E-state index contributed by atoms with van der Waals surface area (Å²) in [7, 11) is 0. The molecule has 3 aromatic rings. The van der Waals surface area contributed by atoms with Crippen molar-refractivity contribution in [1.82, 2.24) is 10.2 Å². The standard InChI is InChI=1S/C21H19N3O2/c1-12-8-9-15(13(2)10-12)20(26)16-11-17(25)22-21-18(16)19(23-24-21)14-6-4-3-5-7-14/h3-10,16H,11H2,1-2H3,(H2,22,23,24,25). The lowest BCUT2D eigenvalue weighted by Gasteiger charge is -2.23. The molecular formula is C21H19N3O2. The first kappa shape index (κ1) is 16.3. The highest BCUT2D eigenvalue weighted by molar-refractivity contribution is 6.09. The van der Waals surface area contributed by atoms with Crippen LogP contribution in [-0.2, 0) is 4.79 Å². The van der Waals surface area contributed by atoms with Gasteiger partial charge in [-0.25, -0.2) is 0 Å². The molecule has 5 nitrogen and oxygen atoms in total. The highest BCUT2D eigenvalue weighted by Gasteiger charge is 2.36. The number of aromatic nitrogens is 2. The van der Waals surface area contributed by atoms with Crippen LogP contribution in [0, 0.1) is 13.8 Å². The molecule has 2 N–H and O–H groups in total. The van der Waals surface area contributed by atoms with Gasteiger partial charge in [-0.15, -0.1) is 0 Å². The maximum Gasteiger partial charge on any atom is 0.226 e. The molecule has 5 heteroatoms. The molecule has 0 saturated carbocycles. The van der Waals surface area contributed by atoms with Gasteiger partial charge >= 0.3 is 0 Å². The van der Waals surface area contributed by atoms with Crippen LogP contribution in [-0.4, -0.2) is 21.9 Å². The second-order valence-corrected chi connectivity index (χ2v) is 6.71. The predicted octanol–water partition coefficient (Wildman–Crippen LogP) is 4.00. The lowest BCUT2D eigenvalue weighted by Crippen LogP contribution is -2.27. The Morgan fingerprint density at radius 1 is 1.12 bits per heavy atom. The summed E-state index contributed by atoms with van der Waals surface area (Å²) in [5, 5.41) is 10.0. The third kappa shape index (κ3) is 2.71. The SMILES string of the molecule is Cc1ccc(C(=O)C2CC(=O)Nc3n[nH]c(-c4ccccc4)c32)c(C)c1. The molecule has 0 saturated heterocycles. The topological polar surface area (TPSA) is 74.8 Å². The minimum atomic E-state index is -0.547. The molecule has 0 bridgehead atoms. The van der Waals surface area contributed by atoms with Gasteiger partial charge < -0.3 is 5.32 Å². The van der Waals surface area contributed by atoms with E-state index < -0.39 is 5.92 Å². The largest absolute Gasteiger partial charge is 0.309 e. The number of carbonyl (C=O) groups is 2. The quantitative estimate of drug-likeness (QED) is 0.705. The molecule has 1 atom stereocenters. The number of amides is 1. The van der Waals surface area contributed by atoms with Gasteiger partial charge in [0.05, 0.1) is 11.6 Å². The van der Waals surface area contributed by atoms with Crippen LogP contribution in [0.4, 0.5) is 5.82 Å². The average molecular weight is 345 g/mol. The number of ketones is 1. The number of hydrogen-bond donors (Lipinski definition) is 2. The third-order valence-electron chi connectivity index (χ3n) is 4.83. The summed E-state index contributed by atoms with van der Waals surface area (Å²) in [6, 6.07) is 15.5. The molecule has 2 heterocycles. The van der Waals surface area contributed by atoms with Gasteiger partial charge in [-0.2, -0.15) is 5.10 Å². The molecule has 2 aromatic carbocycles. The highest BCUT2D eigenvalue weighted by atomic mass is 16.2. The van der Waals surface area contributed by atoms with Crippen LogP contribution in [0.2, 0.25) is 0 Å². The predicted molar refractivity (Wildman–Crippen MR) is 100 cm³/mol. The summed E-state index contributed by atoms with van der Waals surface area (Å²) in [6.45, 7) is 3.93. The zero-order valence-corrected chi connectivity index (χ0v) is 14.7. The average Bonchev–Trinajstić information content (AvgIpc) is 3.05. The molecule has 4 rings (SSSR count). The van der Waals surface area contributed by atoms with E-state index in [0.717, 1.165) is 27.9 Å². The van der Waals surface area contributed by atoms with E-state index in [0.29, 0.717) is 11.4 Å². The lowest BCUT2D eigenvalue weighted by atomic mass is 9.83. The number of nitrogens with one attached hydrogen (secondary N) is 2. The molecule has 1 aliphatic heterocycles. The van der Waals surface area contributed by atoms with Gasteiger partial charge in [0.25, 0.3) is 0 Å². The molecule has 0 spiro atoms. The van der Waals surface area contributed by atoms with Crippen molar-refractivity contribution in [2.45, 2.75) is 26.2 Å². The van der Waals surface area contributed by atoms with Crippen molar-refractivity contribution in [1.29, 1.82) is 0 Å². The van der Waals surface area contributed by atoms with Gasteiger partial charge in [-0.05, 0) is 25.0 Å². The summed E-state index contributed by atoms with van der Waals surface area (Å²) >= 11 is 0. The molecule has 0 fully saturated rings. The van der Waals surface area contributed by atoms with Gasteiger partial charge in [0.1, 0.15) is 0 Å². The molecule has 26 heavy (non-hydrogen) atoms. The third-order valence-corrected chi connectivity index (χ3v) is 4.83. The van der Waals surface area contributed by atoms with Crippen LogP contribution >= 0.6 is 0 Å². The molecule has 1 aromatic heterocycles. The van der Waals surface area contributed by atoms with Crippen molar-refractivity contribution >= 4 is 17.5 Å². The minimum Gasteiger partial charge on any atom is -0.309 e. The Balaban J connectivity index is 1.83. The Labute approximate surface area is 151 Å². The number of aryl methyl sites for hydroxylation is 2. The summed E-state index contributed by atoms with van der Waals surface area (Å²) in [6.07, 6.45) is 0.124. The number of fused-ring (bicyclic) bond motifs is 1. The van der Waals surface area contributed by atoms with Crippen LogP contribution in [0.3, 0.4) is 0 Å². The summed E-state index contributed by atoms with van der Waals surface area (Å²) in [5.74, 6) is -0.332. The van der Waals surface area contributed by atoms with Gasteiger partial charge in [0.15, 0.2) is 11.6 Å². The minimum absolute atomic E-state index is 0.0443. The van der Waals surface area contributed by atoms with Crippen molar-refractivity contribution in [3.8, 4) is 11.3 Å². The van der Waals surface area contributed by atoms with E-state index in [1.165, 1.54) is 0 Å². The second kappa shape index (κ2) is 6.26. The van der Waals surface area contributed by atoms with Gasteiger partial charge in [0.2, 0.25) is 5.91 Å². The van der Waals surface area contributed by atoms with E-state index >= 15 is 0 Å². The number of aromatic amines is 1. The Hall–Kier alpha value is -3.21. The fourth-order valence-corrected chi connectivity index (χ4v) is 3.58. The molecule has 0 aliphatic carbocycles. The van der Waals surface area contributed by atoms with E-state index in [1.807, 2.05) is 62.4 Å². The Bertz CT molecular complexity index is 1010. The lowest BCUT2D eigenvalue weighted by molar-refractivity contribution is -0.116. The van der Waals surface area contributed by atoms with Crippen molar-refractivity contribution < 1.29 is 9.59 Å². The number of H-pyrrole nitrogens is 1. The number of hydrogen-bond acceptors (Lipinski definition) is 3. The summed E-state index contributed by atoms with van der Waals surface area (Å²) < 4.78 is 0. The fraction of sp³-hybridized carbons (Fsp3) is 0.190. The molecule has 0 radical (unpaired) electrons. The molecule has 1 unspecified atom stereocenters. The Kier molecular flexibility index (Phi) is 3.92. The van der Waals surface area contributed by atoms with Gasteiger partial charge in [0, 0.05) is 17.5 Å². The Morgan fingerprint density at radius 3 is 2.62 bits per heavy atom. The summed E-state index contributed by atoms with van der Waals surface area (Å²) in [5.41, 5.74) is 5.17. The van der Waals surface area contributed by atoms with Crippen molar-refractivity contribution in [2.24, 2.45) is 0 Å². The van der Waals surface area contributed by atoms with Crippen molar-refractivity contribution in [3.63, 3.8) is 0 Å². The molecule has 1 amide bonds. The van der Waals surface area contributed by atoms with Crippen LogP contribution < -0.4 is 5.32 Å². The maximum atomic E-state index is 13.3. The number of carbonyl (C=O) groups excluding carboxylic acids is 2.